The Hall–Kier alpha value is -3.44. The highest BCUT2D eigenvalue weighted by molar-refractivity contribution is 14.1. The average molecular weight is 626 g/mol. The number of carbonyl (C=O) groups is 2. The molecule has 1 unspecified atom stereocenters. The summed E-state index contributed by atoms with van der Waals surface area (Å²) in [6.07, 6.45) is 0. The molecule has 7 nitrogen and oxygen atoms in total. The van der Waals surface area contributed by atoms with E-state index in [9.17, 15) is 14.7 Å². The number of halogens is 1. The van der Waals surface area contributed by atoms with E-state index in [0.29, 0.717) is 46.5 Å². The third-order valence-electron chi connectivity index (χ3n) is 5.93. The number of nitrogens with zero attached hydrogens (tertiary/aromatic N) is 2. The largest absolute Gasteiger partial charge is 0.507 e. The first-order valence-electron chi connectivity index (χ1n) is 11.7. The normalized spacial score (nSPS) is 16.9. The molecule has 5 rings (SSSR count). The summed E-state index contributed by atoms with van der Waals surface area (Å²) in [6, 6.07) is 19.0. The lowest BCUT2D eigenvalue weighted by Gasteiger charge is -2.23. The smallest absolute Gasteiger partial charge is 0.301 e. The molecule has 0 radical (unpaired) electrons. The van der Waals surface area contributed by atoms with Gasteiger partial charge in [0.05, 0.1) is 35.0 Å². The van der Waals surface area contributed by atoms with Crippen LogP contribution >= 0.6 is 33.9 Å². The van der Waals surface area contributed by atoms with Gasteiger partial charge in [0.2, 0.25) is 0 Å². The third-order valence-corrected chi connectivity index (χ3v) is 7.67. The zero-order valence-corrected chi connectivity index (χ0v) is 23.1. The maximum absolute atomic E-state index is 13.4. The number of carbonyl (C=O) groups excluding carboxylic acids is 2. The van der Waals surface area contributed by atoms with Crippen LogP contribution in [0.3, 0.4) is 0 Å². The molecule has 9 heteroatoms. The fourth-order valence-electron chi connectivity index (χ4n) is 4.27. The molecule has 0 spiro atoms. The summed E-state index contributed by atoms with van der Waals surface area (Å²) in [6.45, 7) is 4.84. The fourth-order valence-corrected chi connectivity index (χ4v) is 5.65. The highest BCUT2D eigenvalue weighted by Crippen LogP contribution is 2.44. The lowest BCUT2D eigenvalue weighted by molar-refractivity contribution is -0.132. The highest BCUT2D eigenvalue weighted by Gasteiger charge is 2.48. The number of rotatable bonds is 7. The average Bonchev–Trinajstić information content (AvgIpc) is 3.43. The van der Waals surface area contributed by atoms with Crippen molar-refractivity contribution in [1.29, 1.82) is 0 Å². The van der Waals surface area contributed by atoms with E-state index < -0.39 is 17.7 Å². The van der Waals surface area contributed by atoms with Gasteiger partial charge in [-0.15, -0.1) is 0 Å². The molecule has 1 saturated heterocycles. The van der Waals surface area contributed by atoms with E-state index >= 15 is 0 Å². The molecule has 3 aromatic carbocycles. The molecule has 0 aliphatic carbocycles. The number of ether oxygens (including phenoxy) is 2. The van der Waals surface area contributed by atoms with E-state index in [1.165, 1.54) is 16.2 Å². The van der Waals surface area contributed by atoms with Crippen molar-refractivity contribution in [2.45, 2.75) is 19.9 Å². The highest BCUT2D eigenvalue weighted by atomic mass is 127. The third kappa shape index (κ3) is 4.80. The number of thiazole rings is 1. The van der Waals surface area contributed by atoms with Gasteiger partial charge in [-0.25, -0.2) is 4.98 Å². The van der Waals surface area contributed by atoms with Crippen LogP contribution < -0.4 is 14.4 Å². The Kier molecular flexibility index (Phi) is 7.16. The molecule has 37 heavy (non-hydrogen) atoms. The molecule has 1 atom stereocenters. The number of aliphatic hydroxyl groups is 1. The summed E-state index contributed by atoms with van der Waals surface area (Å²) in [7, 11) is 0. The minimum Gasteiger partial charge on any atom is -0.507 e. The molecular formula is C28H23IN2O5S. The monoisotopic (exact) mass is 626 g/mol. The predicted octanol–water partition coefficient (Wildman–Crippen LogP) is 6.32. The SMILES string of the molecule is CCOc1ccc(/C(O)=C2\C(=O)C(=O)N(c3nc4ccc(OCC)cc4s3)C2c2ccc(I)cc2)cc1. The van der Waals surface area contributed by atoms with E-state index in [4.69, 9.17) is 9.47 Å². The van der Waals surface area contributed by atoms with Crippen LogP contribution in [0.5, 0.6) is 11.5 Å². The number of anilines is 1. The van der Waals surface area contributed by atoms with Crippen LogP contribution in [0, 0.1) is 3.57 Å². The molecule has 1 N–H and O–H groups in total. The van der Waals surface area contributed by atoms with Crippen LogP contribution in [0.15, 0.2) is 72.3 Å². The molecule has 4 aromatic rings. The second-order valence-corrected chi connectivity index (χ2v) is 10.5. The molecule has 188 valence electrons. The molecule has 1 aliphatic heterocycles. The van der Waals surface area contributed by atoms with Crippen LogP contribution in [0.1, 0.15) is 31.0 Å². The van der Waals surface area contributed by atoms with Crippen LogP contribution in [-0.2, 0) is 9.59 Å². The van der Waals surface area contributed by atoms with Crippen LogP contribution in [0.25, 0.3) is 16.0 Å². The van der Waals surface area contributed by atoms with Crippen molar-refractivity contribution in [2.24, 2.45) is 0 Å². The van der Waals surface area contributed by atoms with E-state index in [1.807, 2.05) is 56.3 Å². The lowest BCUT2D eigenvalue weighted by atomic mass is 9.95. The Morgan fingerprint density at radius 3 is 2.30 bits per heavy atom. The van der Waals surface area contributed by atoms with Gasteiger partial charge in [-0.05, 0) is 96.6 Å². The maximum atomic E-state index is 13.4. The number of amides is 1. The minimum absolute atomic E-state index is 0.0182. The van der Waals surface area contributed by atoms with Crippen molar-refractivity contribution in [3.8, 4) is 11.5 Å². The minimum atomic E-state index is -0.838. The van der Waals surface area contributed by atoms with Crippen molar-refractivity contribution in [1.82, 2.24) is 4.98 Å². The molecule has 2 heterocycles. The number of hydrogen-bond acceptors (Lipinski definition) is 7. The summed E-state index contributed by atoms with van der Waals surface area (Å²) >= 11 is 3.50. The second kappa shape index (κ2) is 10.5. The number of aromatic nitrogens is 1. The Bertz CT molecular complexity index is 1510. The summed E-state index contributed by atoms with van der Waals surface area (Å²) in [4.78, 5) is 32.9. The number of hydrogen-bond donors (Lipinski definition) is 1. The first-order chi connectivity index (χ1) is 17.9. The summed E-state index contributed by atoms with van der Waals surface area (Å²) in [5.41, 5.74) is 1.83. The first kappa shape index (κ1) is 25.2. The first-order valence-corrected chi connectivity index (χ1v) is 13.6. The Balaban J connectivity index is 1.65. The summed E-state index contributed by atoms with van der Waals surface area (Å²) < 4.78 is 12.9. The van der Waals surface area contributed by atoms with E-state index in [0.717, 1.165) is 8.27 Å². The number of fused-ring (bicyclic) bond motifs is 1. The Morgan fingerprint density at radius 2 is 1.62 bits per heavy atom. The molecule has 1 aromatic heterocycles. The second-order valence-electron chi connectivity index (χ2n) is 8.24. The van der Waals surface area contributed by atoms with Gasteiger partial charge in [0.25, 0.3) is 5.78 Å². The maximum Gasteiger partial charge on any atom is 0.301 e. The van der Waals surface area contributed by atoms with Crippen LogP contribution in [-0.4, -0.2) is 35.0 Å². The number of benzene rings is 3. The molecule has 1 fully saturated rings. The van der Waals surface area contributed by atoms with Crippen molar-refractivity contribution < 1.29 is 24.2 Å². The van der Waals surface area contributed by atoms with Gasteiger partial charge in [0, 0.05) is 9.13 Å². The molecule has 0 saturated carbocycles. The Morgan fingerprint density at radius 1 is 0.973 bits per heavy atom. The summed E-state index contributed by atoms with van der Waals surface area (Å²) in [5, 5.41) is 11.7. The number of ketones is 1. The molecular weight excluding hydrogens is 603 g/mol. The van der Waals surface area contributed by atoms with Crippen molar-refractivity contribution in [3.05, 3.63) is 87.0 Å². The zero-order valence-electron chi connectivity index (χ0n) is 20.1. The van der Waals surface area contributed by atoms with Crippen molar-refractivity contribution in [2.75, 3.05) is 18.1 Å². The van der Waals surface area contributed by atoms with E-state index in [1.54, 1.807) is 24.3 Å². The zero-order chi connectivity index (χ0) is 26.1. The van der Waals surface area contributed by atoms with Gasteiger partial charge >= 0.3 is 5.91 Å². The van der Waals surface area contributed by atoms with Gasteiger partial charge in [0.1, 0.15) is 17.3 Å². The van der Waals surface area contributed by atoms with Crippen molar-refractivity contribution >= 4 is 66.7 Å². The van der Waals surface area contributed by atoms with Gasteiger partial charge in [-0.1, -0.05) is 23.5 Å². The number of aliphatic hydroxyl groups excluding tert-OH is 1. The Labute approximate surface area is 231 Å². The molecule has 0 bridgehead atoms. The quantitative estimate of drug-likeness (QED) is 0.112. The predicted molar refractivity (Wildman–Crippen MR) is 152 cm³/mol. The topological polar surface area (TPSA) is 89.0 Å². The van der Waals surface area contributed by atoms with Crippen LogP contribution in [0.2, 0.25) is 0 Å². The van der Waals surface area contributed by atoms with Crippen molar-refractivity contribution in [3.63, 3.8) is 0 Å². The van der Waals surface area contributed by atoms with Gasteiger partial charge in [-0.3, -0.25) is 14.5 Å². The van der Waals surface area contributed by atoms with Crippen LogP contribution in [0.4, 0.5) is 5.13 Å². The fraction of sp³-hybridized carbons (Fsp3) is 0.179. The van der Waals surface area contributed by atoms with Gasteiger partial charge in [0.15, 0.2) is 5.13 Å². The standard InChI is InChI=1S/C28H23IN2O5S/c1-3-35-19-11-7-17(8-12-19)25(32)23-24(16-5-9-18(29)10-6-16)31(27(34)26(23)33)28-30-21-14-13-20(36-4-2)15-22(21)37-28/h5-15,24,32H,3-4H2,1-2H3/b25-23+. The van der Waals surface area contributed by atoms with Gasteiger partial charge in [-0.2, -0.15) is 0 Å². The lowest BCUT2D eigenvalue weighted by Crippen LogP contribution is -2.29. The van der Waals surface area contributed by atoms with E-state index in [2.05, 4.69) is 27.6 Å². The molecule has 1 aliphatic rings. The number of Topliss-reactive ketones (excluding diaryl/α,β-unsaturated/α-hetero) is 1. The van der Waals surface area contributed by atoms with Gasteiger partial charge < -0.3 is 14.6 Å². The molecule has 1 amide bonds. The summed E-state index contributed by atoms with van der Waals surface area (Å²) in [5.74, 6) is -0.386. The van der Waals surface area contributed by atoms with E-state index in [-0.39, 0.29) is 11.3 Å².